The molecule has 0 heterocycles. The smallest absolute Gasteiger partial charge is 0.157 e. The summed E-state index contributed by atoms with van der Waals surface area (Å²) in [6, 6.07) is 0. The van der Waals surface area contributed by atoms with E-state index in [0.717, 1.165) is 0 Å². The summed E-state index contributed by atoms with van der Waals surface area (Å²) < 4.78 is 9.52. The Kier molecular flexibility index (Phi) is 20.7. The Balaban J connectivity index is 0. The molecule has 148 valence electrons. The van der Waals surface area contributed by atoms with Gasteiger partial charge in [0.05, 0.1) is 25.4 Å². The quantitative estimate of drug-likeness (QED) is 0.501. The Bertz CT molecular complexity index is 204. The summed E-state index contributed by atoms with van der Waals surface area (Å²) in [5, 5.41) is 34.9. The van der Waals surface area contributed by atoms with Crippen molar-refractivity contribution in [3.63, 3.8) is 0 Å². The lowest BCUT2D eigenvalue weighted by atomic mass is 10.0. The Morgan fingerprint density at radius 1 is 0.667 bits per heavy atom. The van der Waals surface area contributed by atoms with Crippen molar-refractivity contribution >= 4 is 0 Å². The molecule has 0 aromatic heterocycles. The molecule has 4 unspecified atom stereocenters. The van der Waals surface area contributed by atoms with Gasteiger partial charge >= 0.3 is 0 Å². The summed E-state index contributed by atoms with van der Waals surface area (Å²) in [5.41, 5.74) is 0. The zero-order valence-electron chi connectivity index (χ0n) is 16.0. The van der Waals surface area contributed by atoms with Gasteiger partial charge in [-0.05, 0) is 26.7 Å². The van der Waals surface area contributed by atoms with Gasteiger partial charge in [0, 0.05) is 0 Å². The van der Waals surface area contributed by atoms with Crippen molar-refractivity contribution in [1.29, 1.82) is 0 Å². The van der Waals surface area contributed by atoms with E-state index < -0.39 is 24.8 Å². The molecule has 4 N–H and O–H groups in total. The maximum Gasteiger partial charge on any atom is 0.157 e. The lowest BCUT2D eigenvalue weighted by molar-refractivity contribution is -0.208. The van der Waals surface area contributed by atoms with Crippen LogP contribution >= 0.6 is 0 Å². The number of hydrogen-bond donors (Lipinski definition) is 4. The van der Waals surface area contributed by atoms with Gasteiger partial charge in [0.1, 0.15) is 0 Å². The first kappa shape index (κ1) is 26.0. The third kappa shape index (κ3) is 24.0. The van der Waals surface area contributed by atoms with Crippen molar-refractivity contribution in [1.82, 2.24) is 0 Å². The molecule has 1 rings (SSSR count). The molecule has 6 nitrogen and oxygen atoms in total. The second kappa shape index (κ2) is 19.1. The van der Waals surface area contributed by atoms with Crippen LogP contribution in [-0.2, 0) is 9.47 Å². The van der Waals surface area contributed by atoms with Gasteiger partial charge < -0.3 is 29.9 Å². The molecule has 1 fully saturated rings. The average molecular weight is 353 g/mol. The number of aliphatic hydroxyl groups excluding tert-OH is 4. The summed E-state index contributed by atoms with van der Waals surface area (Å²) in [4.78, 5) is 0. The molecule has 0 aliphatic heterocycles. The van der Waals surface area contributed by atoms with E-state index in [9.17, 15) is 0 Å². The van der Waals surface area contributed by atoms with E-state index in [2.05, 4.69) is 4.74 Å². The first-order valence-electron chi connectivity index (χ1n) is 9.28. The predicted molar refractivity (Wildman–Crippen MR) is 95.6 cm³/mol. The fraction of sp³-hybridized carbons (Fsp3) is 1.00. The van der Waals surface area contributed by atoms with Crippen molar-refractivity contribution in [2.24, 2.45) is 0 Å². The molecule has 0 spiro atoms. The highest BCUT2D eigenvalue weighted by Gasteiger charge is 2.05. The minimum absolute atomic E-state index is 0.297. The van der Waals surface area contributed by atoms with E-state index in [1.807, 2.05) is 0 Å². The third-order valence-electron chi connectivity index (χ3n) is 3.23. The molecule has 1 saturated carbocycles. The van der Waals surface area contributed by atoms with E-state index in [0.29, 0.717) is 26.1 Å². The van der Waals surface area contributed by atoms with Crippen molar-refractivity contribution in [3.05, 3.63) is 0 Å². The van der Waals surface area contributed by atoms with Crippen molar-refractivity contribution in [2.45, 2.75) is 104 Å². The minimum atomic E-state index is -0.819. The van der Waals surface area contributed by atoms with Crippen molar-refractivity contribution in [2.75, 3.05) is 13.2 Å². The molecular formula is C18H40O6. The first-order valence-corrected chi connectivity index (χ1v) is 9.28. The van der Waals surface area contributed by atoms with Gasteiger partial charge in [0.25, 0.3) is 0 Å². The zero-order chi connectivity index (χ0) is 18.8. The van der Waals surface area contributed by atoms with Crippen LogP contribution in [0, 0.1) is 0 Å². The Hall–Kier alpha value is -0.240. The minimum Gasteiger partial charge on any atom is -0.391 e. The highest BCUT2D eigenvalue weighted by atomic mass is 16.7. The van der Waals surface area contributed by atoms with Crippen LogP contribution in [-0.4, -0.2) is 58.4 Å². The van der Waals surface area contributed by atoms with E-state index in [-0.39, 0.29) is 0 Å². The Labute approximate surface area is 147 Å². The SMILES string of the molecule is C1CCCCC1.CC(O)COCC(C)O.CCC(O)OC(O)CC. The molecule has 0 radical (unpaired) electrons. The van der Waals surface area contributed by atoms with Crippen LogP contribution in [0.5, 0.6) is 0 Å². The lowest BCUT2D eigenvalue weighted by Gasteiger charge is -2.13. The van der Waals surface area contributed by atoms with Crippen LogP contribution in [0.4, 0.5) is 0 Å². The maximum absolute atomic E-state index is 8.78. The average Bonchev–Trinajstić information content (AvgIpc) is 2.56. The molecule has 0 aromatic rings. The molecule has 0 aromatic carbocycles. The van der Waals surface area contributed by atoms with Crippen LogP contribution in [0.3, 0.4) is 0 Å². The van der Waals surface area contributed by atoms with Crippen LogP contribution in [0.2, 0.25) is 0 Å². The predicted octanol–water partition coefficient (Wildman–Crippen LogP) is 2.57. The molecular weight excluding hydrogens is 312 g/mol. The molecule has 0 bridgehead atoms. The zero-order valence-corrected chi connectivity index (χ0v) is 16.0. The van der Waals surface area contributed by atoms with E-state index in [1.165, 1.54) is 38.5 Å². The summed E-state index contributed by atoms with van der Waals surface area (Å²) in [5.74, 6) is 0. The molecule has 1 aliphatic carbocycles. The third-order valence-corrected chi connectivity index (χ3v) is 3.23. The van der Waals surface area contributed by atoms with E-state index in [1.54, 1.807) is 27.7 Å². The van der Waals surface area contributed by atoms with Crippen molar-refractivity contribution in [3.8, 4) is 0 Å². The maximum atomic E-state index is 8.78. The summed E-state index contributed by atoms with van der Waals surface area (Å²) in [6.07, 6.45) is 7.50. The highest BCUT2D eigenvalue weighted by Crippen LogP contribution is 2.15. The van der Waals surface area contributed by atoms with Gasteiger partial charge in [0.2, 0.25) is 0 Å². The molecule has 1 aliphatic rings. The first-order chi connectivity index (χ1) is 11.3. The molecule has 24 heavy (non-hydrogen) atoms. The molecule has 4 atom stereocenters. The molecule has 0 saturated heterocycles. The fourth-order valence-corrected chi connectivity index (χ4v) is 1.84. The Morgan fingerprint density at radius 2 is 0.958 bits per heavy atom. The second-order valence-electron chi connectivity index (χ2n) is 6.22. The standard InChI is InChI=1S/2C6H14O3.C6H12/c1-5(7)3-9-4-6(2)8;1-3-5(7)9-6(8)4-2;1-2-4-6-5-3-1/h2*5-8H,3-4H2,1-2H3;1-6H2. The normalized spacial score (nSPS) is 19.0. The highest BCUT2D eigenvalue weighted by molar-refractivity contribution is 4.51. The number of aliphatic hydroxyl groups is 4. The monoisotopic (exact) mass is 352 g/mol. The van der Waals surface area contributed by atoms with Gasteiger partial charge in [-0.3, -0.25) is 0 Å². The van der Waals surface area contributed by atoms with Gasteiger partial charge in [-0.1, -0.05) is 52.4 Å². The van der Waals surface area contributed by atoms with E-state index in [4.69, 9.17) is 25.2 Å². The summed E-state index contributed by atoms with van der Waals surface area (Å²) in [7, 11) is 0. The molecule has 0 amide bonds. The second-order valence-corrected chi connectivity index (χ2v) is 6.22. The van der Waals surface area contributed by atoms with E-state index >= 15 is 0 Å². The molecule has 6 heteroatoms. The number of rotatable bonds is 8. The van der Waals surface area contributed by atoms with Crippen LogP contribution in [0.25, 0.3) is 0 Å². The number of hydrogen-bond acceptors (Lipinski definition) is 6. The largest absolute Gasteiger partial charge is 0.391 e. The number of ether oxygens (including phenoxy) is 2. The van der Waals surface area contributed by atoms with Gasteiger partial charge in [-0.15, -0.1) is 0 Å². The fourth-order valence-electron chi connectivity index (χ4n) is 1.84. The summed E-state index contributed by atoms with van der Waals surface area (Å²) >= 11 is 0. The lowest BCUT2D eigenvalue weighted by Crippen LogP contribution is -2.19. The van der Waals surface area contributed by atoms with Crippen LogP contribution < -0.4 is 0 Å². The summed E-state index contributed by atoms with van der Waals surface area (Å²) in [6.45, 7) is 7.44. The van der Waals surface area contributed by atoms with Crippen LogP contribution in [0.1, 0.15) is 79.1 Å². The van der Waals surface area contributed by atoms with Gasteiger partial charge in [-0.25, -0.2) is 0 Å². The van der Waals surface area contributed by atoms with Crippen molar-refractivity contribution < 1.29 is 29.9 Å². The topological polar surface area (TPSA) is 99.4 Å². The van der Waals surface area contributed by atoms with Gasteiger partial charge in [0.15, 0.2) is 12.6 Å². The van der Waals surface area contributed by atoms with Crippen LogP contribution in [0.15, 0.2) is 0 Å². The Morgan fingerprint density at radius 3 is 1.17 bits per heavy atom. The van der Waals surface area contributed by atoms with Gasteiger partial charge in [-0.2, -0.15) is 0 Å².